The third-order valence-corrected chi connectivity index (χ3v) is 6.42. The van der Waals surface area contributed by atoms with Crippen LogP contribution in [0.2, 0.25) is 0 Å². The van der Waals surface area contributed by atoms with Gasteiger partial charge in [0.25, 0.3) is 0 Å². The summed E-state index contributed by atoms with van der Waals surface area (Å²) in [6.07, 6.45) is 7.36. The quantitative estimate of drug-likeness (QED) is 0.489. The number of hydrogen-bond acceptors (Lipinski definition) is 5. The van der Waals surface area contributed by atoms with E-state index in [-0.39, 0.29) is 6.42 Å². The van der Waals surface area contributed by atoms with E-state index in [4.69, 9.17) is 9.97 Å². The van der Waals surface area contributed by atoms with E-state index in [1.807, 2.05) is 49.6 Å². The molecule has 0 spiro atoms. The van der Waals surface area contributed by atoms with Crippen LogP contribution in [0.1, 0.15) is 42.9 Å². The molecule has 2 heterocycles. The van der Waals surface area contributed by atoms with Gasteiger partial charge in [0.05, 0.1) is 6.42 Å². The summed E-state index contributed by atoms with van der Waals surface area (Å²) in [5, 5.41) is 9.18. The topological polar surface area (TPSA) is 69.6 Å². The smallest absolute Gasteiger partial charge is 0.307 e. The van der Waals surface area contributed by atoms with E-state index in [0.29, 0.717) is 6.04 Å². The molecule has 1 N–H and O–H groups in total. The number of hydrogen-bond donors (Lipinski definition) is 1. The number of nitrogens with zero attached hydrogens (tertiary/aromatic N) is 4. The van der Waals surface area contributed by atoms with E-state index >= 15 is 0 Å². The molecule has 0 saturated carbocycles. The fourth-order valence-corrected chi connectivity index (χ4v) is 4.84. The van der Waals surface area contributed by atoms with E-state index < -0.39 is 5.97 Å². The van der Waals surface area contributed by atoms with Crippen molar-refractivity contribution in [2.24, 2.45) is 0 Å². The zero-order valence-corrected chi connectivity index (χ0v) is 20.2. The Morgan fingerprint density at radius 2 is 1.76 bits per heavy atom. The molecule has 4 rings (SSSR count). The van der Waals surface area contributed by atoms with Gasteiger partial charge in [-0.3, -0.25) is 9.69 Å². The van der Waals surface area contributed by atoms with Gasteiger partial charge in [-0.2, -0.15) is 0 Å². The fourth-order valence-electron chi connectivity index (χ4n) is 4.84. The lowest BCUT2D eigenvalue weighted by atomic mass is 10.0. The van der Waals surface area contributed by atoms with Crippen LogP contribution in [-0.4, -0.2) is 51.6 Å². The largest absolute Gasteiger partial charge is 0.481 e. The Kier molecular flexibility index (Phi) is 7.91. The first-order valence-electron chi connectivity index (χ1n) is 12.2. The van der Waals surface area contributed by atoms with Crippen LogP contribution in [0.4, 0.5) is 5.95 Å². The first-order valence-corrected chi connectivity index (χ1v) is 12.2. The van der Waals surface area contributed by atoms with E-state index in [1.165, 1.54) is 12.0 Å². The Bertz CT molecular complexity index is 1090. The molecule has 1 atom stereocenters. The maximum Gasteiger partial charge on any atom is 0.307 e. The number of carboxylic acid groups (broad SMARTS) is 1. The van der Waals surface area contributed by atoms with Gasteiger partial charge in [0.1, 0.15) is 0 Å². The molecule has 1 aromatic heterocycles. The van der Waals surface area contributed by atoms with Crippen molar-refractivity contribution in [3.05, 3.63) is 77.6 Å². The molecule has 0 bridgehead atoms. The minimum absolute atomic E-state index is 0.0674. The van der Waals surface area contributed by atoms with Crippen LogP contribution in [-0.2, 0) is 17.8 Å². The van der Waals surface area contributed by atoms with Crippen LogP contribution in [0.25, 0.3) is 11.1 Å². The third-order valence-electron chi connectivity index (χ3n) is 6.42. The molecule has 6 nitrogen and oxygen atoms in total. The normalized spacial score (nSPS) is 16.5. The van der Waals surface area contributed by atoms with Crippen LogP contribution in [0.15, 0.2) is 60.9 Å². The summed E-state index contributed by atoms with van der Waals surface area (Å²) in [6.45, 7) is 7.85. The van der Waals surface area contributed by atoms with Gasteiger partial charge in [0, 0.05) is 50.2 Å². The number of aromatic nitrogens is 2. The Morgan fingerprint density at radius 1 is 1.03 bits per heavy atom. The highest BCUT2D eigenvalue weighted by atomic mass is 16.4. The Balaban J connectivity index is 1.47. The number of aliphatic carboxylic acids is 1. The first kappa shape index (κ1) is 23.9. The van der Waals surface area contributed by atoms with Crippen molar-refractivity contribution in [1.29, 1.82) is 0 Å². The second kappa shape index (κ2) is 11.3. The zero-order valence-electron chi connectivity index (χ0n) is 20.2. The van der Waals surface area contributed by atoms with Gasteiger partial charge in [-0.1, -0.05) is 73.9 Å². The van der Waals surface area contributed by atoms with Crippen molar-refractivity contribution in [3.63, 3.8) is 0 Å². The molecular weight excluding hydrogens is 424 g/mol. The standard InChI is InChI=1S/C28H34N4O2/c1-3-4-10-26-20-31(19-23-14-21(2)13-22(15-23)16-27(33)34)11-12-32(26)28-29-17-25(18-30-28)24-8-6-5-7-9-24/h5-9,13-15,17-18,26H,3-4,10-12,16,19-20H2,1-2H3,(H,33,34)/t26-/m1/s1. The predicted molar refractivity (Wildman–Crippen MR) is 136 cm³/mol. The number of piperazine rings is 1. The molecule has 3 aromatic rings. The average molecular weight is 459 g/mol. The van der Waals surface area contributed by atoms with E-state index in [2.05, 4.69) is 34.9 Å². The van der Waals surface area contributed by atoms with E-state index in [1.54, 1.807) is 0 Å². The fraction of sp³-hybridized carbons (Fsp3) is 0.393. The molecule has 178 valence electrons. The van der Waals surface area contributed by atoms with Gasteiger partial charge in [0.15, 0.2) is 0 Å². The lowest BCUT2D eigenvalue weighted by molar-refractivity contribution is -0.136. The van der Waals surface area contributed by atoms with Crippen LogP contribution in [0.5, 0.6) is 0 Å². The van der Waals surface area contributed by atoms with Crippen LogP contribution in [0, 0.1) is 6.92 Å². The summed E-state index contributed by atoms with van der Waals surface area (Å²) in [7, 11) is 0. The van der Waals surface area contributed by atoms with E-state index in [0.717, 1.165) is 67.2 Å². The number of carboxylic acids is 1. The van der Waals surface area contributed by atoms with Crippen molar-refractivity contribution in [3.8, 4) is 11.1 Å². The average Bonchev–Trinajstić information content (AvgIpc) is 2.83. The summed E-state index contributed by atoms with van der Waals surface area (Å²) in [5.41, 5.74) is 5.33. The second-order valence-electron chi connectivity index (χ2n) is 9.26. The summed E-state index contributed by atoms with van der Waals surface area (Å²) >= 11 is 0. The number of unbranched alkanes of at least 4 members (excludes halogenated alkanes) is 1. The van der Waals surface area contributed by atoms with Crippen molar-refractivity contribution in [1.82, 2.24) is 14.9 Å². The molecule has 1 aliphatic rings. The number of rotatable bonds is 9. The second-order valence-corrected chi connectivity index (χ2v) is 9.26. The molecule has 0 aliphatic carbocycles. The number of benzene rings is 2. The lowest BCUT2D eigenvalue weighted by Crippen LogP contribution is -2.53. The van der Waals surface area contributed by atoms with Gasteiger partial charge in [-0.25, -0.2) is 9.97 Å². The highest BCUT2D eigenvalue weighted by Crippen LogP contribution is 2.24. The molecule has 1 fully saturated rings. The van der Waals surface area contributed by atoms with Crippen LogP contribution in [0.3, 0.4) is 0 Å². The minimum atomic E-state index is -0.789. The monoisotopic (exact) mass is 458 g/mol. The molecular formula is C28H34N4O2. The third kappa shape index (κ3) is 6.20. The van der Waals surface area contributed by atoms with Crippen molar-refractivity contribution < 1.29 is 9.90 Å². The van der Waals surface area contributed by atoms with Crippen molar-refractivity contribution >= 4 is 11.9 Å². The molecule has 0 amide bonds. The Labute approximate surface area is 202 Å². The molecule has 0 radical (unpaired) electrons. The van der Waals surface area contributed by atoms with Crippen molar-refractivity contribution in [2.45, 2.75) is 52.1 Å². The number of carbonyl (C=O) groups is 1. The maximum absolute atomic E-state index is 11.2. The molecule has 34 heavy (non-hydrogen) atoms. The SMILES string of the molecule is CCCC[C@@H]1CN(Cc2cc(C)cc(CC(=O)O)c2)CCN1c1ncc(-c2ccccc2)cn1. The summed E-state index contributed by atoms with van der Waals surface area (Å²) in [4.78, 5) is 25.5. The highest BCUT2D eigenvalue weighted by molar-refractivity contribution is 5.70. The minimum Gasteiger partial charge on any atom is -0.481 e. The highest BCUT2D eigenvalue weighted by Gasteiger charge is 2.28. The lowest BCUT2D eigenvalue weighted by Gasteiger charge is -2.41. The molecule has 6 heteroatoms. The number of aryl methyl sites for hydroxylation is 1. The Hall–Kier alpha value is -3.25. The summed E-state index contributed by atoms with van der Waals surface area (Å²) in [5.74, 6) is 0.0165. The molecule has 1 aliphatic heterocycles. The zero-order chi connectivity index (χ0) is 23.9. The Morgan fingerprint density at radius 3 is 2.47 bits per heavy atom. The van der Waals surface area contributed by atoms with Crippen LogP contribution < -0.4 is 4.90 Å². The van der Waals surface area contributed by atoms with Crippen molar-refractivity contribution in [2.75, 3.05) is 24.5 Å². The maximum atomic E-state index is 11.2. The molecule has 1 saturated heterocycles. The van der Waals surface area contributed by atoms with Gasteiger partial charge >= 0.3 is 5.97 Å². The van der Waals surface area contributed by atoms with E-state index in [9.17, 15) is 9.90 Å². The van der Waals surface area contributed by atoms with Gasteiger partial charge < -0.3 is 10.0 Å². The summed E-state index contributed by atoms with van der Waals surface area (Å²) < 4.78 is 0. The molecule has 0 unspecified atom stereocenters. The van der Waals surface area contributed by atoms with Crippen LogP contribution >= 0.6 is 0 Å². The van der Waals surface area contributed by atoms with Gasteiger partial charge in [0.2, 0.25) is 5.95 Å². The van der Waals surface area contributed by atoms with Gasteiger partial charge in [-0.05, 0) is 30.0 Å². The van der Waals surface area contributed by atoms with Gasteiger partial charge in [-0.15, -0.1) is 0 Å². The summed E-state index contributed by atoms with van der Waals surface area (Å²) in [6, 6.07) is 16.8. The molecule has 2 aromatic carbocycles. The number of anilines is 1. The first-order chi connectivity index (χ1) is 16.5. The predicted octanol–water partition coefficient (Wildman–Crippen LogP) is 4.96.